The van der Waals surface area contributed by atoms with Crippen LogP contribution in [0.15, 0.2) is 38.8 Å². The van der Waals surface area contributed by atoms with Crippen molar-refractivity contribution < 1.29 is 27.4 Å². The number of aliphatic hydroxyl groups is 1. The van der Waals surface area contributed by atoms with Crippen molar-refractivity contribution in [1.29, 1.82) is 0 Å². The number of nitrogens with two attached hydrogens (primary N) is 1. The molecule has 4 aliphatic rings. The molecule has 2 aliphatic heterocycles. The van der Waals surface area contributed by atoms with E-state index < -0.39 is 42.6 Å². The molecule has 8 nitrogen and oxygen atoms in total. The minimum Gasteiger partial charge on any atom is -0.492 e. The SMILES string of the molecule is COc1c(F)cc(C2=C(C)CC=C3SC(C(O)(C4CC4)C4CC4)=NN32)cc1S(=O)(=O)C(C)(C)C(N)=O. The van der Waals surface area contributed by atoms with E-state index >= 15 is 4.39 Å². The van der Waals surface area contributed by atoms with Crippen molar-refractivity contribution in [1.82, 2.24) is 5.01 Å². The van der Waals surface area contributed by atoms with Gasteiger partial charge >= 0.3 is 0 Å². The number of sulfone groups is 1. The monoisotopic (exact) mass is 535 g/mol. The van der Waals surface area contributed by atoms with Gasteiger partial charge in [0.15, 0.2) is 21.4 Å². The topological polar surface area (TPSA) is 122 Å². The number of hydrazone groups is 1. The first kappa shape index (κ1) is 25.3. The molecule has 3 N–H and O–H groups in total. The zero-order valence-corrected chi connectivity index (χ0v) is 22.3. The van der Waals surface area contributed by atoms with Gasteiger partial charge < -0.3 is 15.6 Å². The van der Waals surface area contributed by atoms with Crippen molar-refractivity contribution in [2.45, 2.75) is 68.1 Å². The Morgan fingerprint density at radius 2 is 1.86 bits per heavy atom. The van der Waals surface area contributed by atoms with Crippen molar-refractivity contribution >= 4 is 38.2 Å². The van der Waals surface area contributed by atoms with E-state index in [1.165, 1.54) is 44.9 Å². The molecule has 5 rings (SSSR count). The summed E-state index contributed by atoms with van der Waals surface area (Å²) < 4.78 is 45.4. The first-order valence-electron chi connectivity index (χ1n) is 12.0. The number of thioether (sulfide) groups is 1. The lowest BCUT2D eigenvalue weighted by atomic mass is 9.93. The summed E-state index contributed by atoms with van der Waals surface area (Å²) >= 11 is 1.42. The van der Waals surface area contributed by atoms with Gasteiger partial charge in [-0.1, -0.05) is 0 Å². The number of ether oxygens (including phenoxy) is 1. The number of primary amides is 1. The van der Waals surface area contributed by atoms with Crippen LogP contribution in [0.2, 0.25) is 0 Å². The smallest absolute Gasteiger partial charge is 0.238 e. The lowest BCUT2D eigenvalue weighted by molar-refractivity contribution is -0.119. The van der Waals surface area contributed by atoms with Gasteiger partial charge in [0.05, 0.1) is 12.8 Å². The van der Waals surface area contributed by atoms with Crippen molar-refractivity contribution in [3.63, 3.8) is 0 Å². The molecule has 0 aromatic heterocycles. The second kappa shape index (κ2) is 8.32. The molecule has 2 aliphatic carbocycles. The number of methoxy groups -OCH3 is 1. The first-order valence-corrected chi connectivity index (χ1v) is 14.3. The maximum atomic E-state index is 15.3. The molecule has 36 heavy (non-hydrogen) atoms. The Hall–Kier alpha value is -2.37. The van der Waals surface area contributed by atoms with Crippen LogP contribution in [0.25, 0.3) is 5.70 Å². The Labute approximate surface area is 214 Å². The Kier molecular flexibility index (Phi) is 5.85. The predicted octanol–water partition coefficient (Wildman–Crippen LogP) is 3.76. The third-order valence-electron chi connectivity index (χ3n) is 7.58. The minimum atomic E-state index is -4.42. The number of fused-ring (bicyclic) bond motifs is 1. The van der Waals surface area contributed by atoms with E-state index in [1.807, 2.05) is 13.0 Å². The van der Waals surface area contributed by atoms with Gasteiger partial charge in [-0.25, -0.2) is 17.8 Å². The molecule has 2 fully saturated rings. The van der Waals surface area contributed by atoms with Crippen LogP contribution in [0.4, 0.5) is 4.39 Å². The fourth-order valence-corrected chi connectivity index (χ4v) is 7.60. The van der Waals surface area contributed by atoms with E-state index in [0.29, 0.717) is 17.2 Å². The highest BCUT2D eigenvalue weighted by Gasteiger charge is 2.58. The maximum Gasteiger partial charge on any atom is 0.238 e. The molecule has 0 spiro atoms. The van der Waals surface area contributed by atoms with E-state index in [4.69, 9.17) is 15.6 Å². The van der Waals surface area contributed by atoms with E-state index in [-0.39, 0.29) is 17.4 Å². The molecule has 2 heterocycles. The van der Waals surface area contributed by atoms with Gasteiger partial charge in [0.1, 0.15) is 25.3 Å². The minimum absolute atomic E-state index is 0.193. The van der Waals surface area contributed by atoms with Gasteiger partial charge in [0.2, 0.25) is 5.91 Å². The Bertz CT molecular complexity index is 1350. The highest BCUT2D eigenvalue weighted by Crippen LogP contribution is 2.57. The van der Waals surface area contributed by atoms with Crippen LogP contribution in [0.1, 0.15) is 58.4 Å². The molecule has 11 heteroatoms. The van der Waals surface area contributed by atoms with Crippen LogP contribution in [0, 0.1) is 17.7 Å². The summed E-state index contributed by atoms with van der Waals surface area (Å²) in [6, 6.07) is 2.53. The number of carbonyl (C=O) groups is 1. The summed E-state index contributed by atoms with van der Waals surface area (Å²) in [7, 11) is -3.25. The highest BCUT2D eigenvalue weighted by atomic mass is 32.2. The summed E-state index contributed by atoms with van der Waals surface area (Å²) in [5.74, 6) is -2.03. The summed E-state index contributed by atoms with van der Waals surface area (Å²) in [5.41, 5.74) is 6.10. The Morgan fingerprint density at radius 3 is 2.39 bits per heavy atom. The zero-order chi connectivity index (χ0) is 26.2. The van der Waals surface area contributed by atoms with Crippen LogP contribution in [0.3, 0.4) is 0 Å². The second-order valence-electron chi connectivity index (χ2n) is 10.4. The van der Waals surface area contributed by atoms with E-state index in [2.05, 4.69) is 0 Å². The number of amides is 1. The molecule has 194 valence electrons. The van der Waals surface area contributed by atoms with Gasteiger partial charge in [0.25, 0.3) is 0 Å². The molecule has 1 aromatic carbocycles. The number of hydrogen-bond donors (Lipinski definition) is 2. The van der Waals surface area contributed by atoms with E-state index in [9.17, 15) is 18.3 Å². The first-order chi connectivity index (χ1) is 16.8. The number of hydrogen-bond acceptors (Lipinski definition) is 8. The number of halogens is 1. The van der Waals surface area contributed by atoms with Crippen molar-refractivity contribution in [2.75, 3.05) is 7.11 Å². The quantitative estimate of drug-likeness (QED) is 0.520. The van der Waals surface area contributed by atoms with Gasteiger partial charge in [-0.05, 0) is 100 Å². The largest absolute Gasteiger partial charge is 0.492 e. The summed E-state index contributed by atoms with van der Waals surface area (Å²) in [6.07, 6.45) is 6.43. The van der Waals surface area contributed by atoms with Gasteiger partial charge in [-0.2, -0.15) is 5.10 Å². The molecule has 0 unspecified atom stereocenters. The number of carbonyl (C=O) groups excluding carboxylic acids is 1. The van der Waals surface area contributed by atoms with Crippen LogP contribution in [-0.4, -0.2) is 46.9 Å². The van der Waals surface area contributed by atoms with Crippen LogP contribution >= 0.6 is 11.8 Å². The molecule has 2 saturated carbocycles. The maximum absolute atomic E-state index is 15.3. The Morgan fingerprint density at radius 1 is 1.25 bits per heavy atom. The standard InChI is InChI=1S/C25H30FN3O5S2/c1-13-5-10-19-29(28-23(35-19)25(31,15-6-7-15)16-8-9-16)20(13)14-11-17(26)21(34-4)18(12-14)36(32,33)24(2,3)22(27)30/h10-12,15-16,31H,5-9H2,1-4H3,(H2,27,30). The molecular formula is C25H30FN3O5S2. The number of nitrogens with zero attached hydrogens (tertiary/aromatic N) is 2. The number of allylic oxidation sites excluding steroid dienone is 2. The molecule has 1 amide bonds. The third-order valence-corrected chi connectivity index (χ3v) is 11.2. The van der Waals surface area contributed by atoms with Crippen molar-refractivity contribution in [2.24, 2.45) is 22.7 Å². The molecule has 0 bridgehead atoms. The average Bonchev–Trinajstić information content (AvgIpc) is 3.74. The van der Waals surface area contributed by atoms with E-state index in [1.54, 1.807) is 5.01 Å². The molecule has 0 radical (unpaired) electrons. The fraction of sp³-hybridized carbons (Fsp3) is 0.520. The predicted molar refractivity (Wildman–Crippen MR) is 136 cm³/mol. The second-order valence-corrected chi connectivity index (χ2v) is 13.9. The molecule has 0 atom stereocenters. The highest BCUT2D eigenvalue weighted by molar-refractivity contribution is 8.17. The average molecular weight is 536 g/mol. The van der Waals surface area contributed by atoms with E-state index in [0.717, 1.165) is 36.3 Å². The number of rotatable bonds is 8. The summed E-state index contributed by atoms with van der Waals surface area (Å²) in [5, 5.41) is 19.6. The van der Waals surface area contributed by atoms with Crippen LogP contribution in [-0.2, 0) is 14.6 Å². The summed E-state index contributed by atoms with van der Waals surface area (Å²) in [6.45, 7) is 4.24. The van der Waals surface area contributed by atoms with Crippen LogP contribution < -0.4 is 10.5 Å². The molecule has 1 aromatic rings. The number of benzene rings is 1. The normalized spacial score (nSPS) is 20.8. The lowest BCUT2D eigenvalue weighted by Crippen LogP contribution is -2.45. The Balaban J connectivity index is 1.63. The van der Waals surface area contributed by atoms with Crippen molar-refractivity contribution in [3.05, 3.63) is 40.2 Å². The van der Waals surface area contributed by atoms with Gasteiger partial charge in [-0.3, -0.25) is 4.79 Å². The summed E-state index contributed by atoms with van der Waals surface area (Å²) in [4.78, 5) is 11.5. The van der Waals surface area contributed by atoms with Crippen LogP contribution in [0.5, 0.6) is 5.75 Å². The van der Waals surface area contributed by atoms with Crippen molar-refractivity contribution in [3.8, 4) is 5.75 Å². The van der Waals surface area contributed by atoms with Gasteiger partial charge in [-0.15, -0.1) is 0 Å². The molecule has 0 saturated heterocycles. The third kappa shape index (κ3) is 3.69. The zero-order valence-electron chi connectivity index (χ0n) is 20.7. The molecular weight excluding hydrogens is 505 g/mol. The lowest BCUT2D eigenvalue weighted by Gasteiger charge is -2.27. The fourth-order valence-electron chi connectivity index (χ4n) is 4.88. The van der Waals surface area contributed by atoms with Gasteiger partial charge in [0, 0.05) is 5.56 Å².